The van der Waals surface area contributed by atoms with Gasteiger partial charge >= 0.3 is 0 Å². The molecular formula is C17H19ClFNO. The molecule has 1 atom stereocenters. The van der Waals surface area contributed by atoms with Crippen LogP contribution < -0.4 is 10.5 Å². The van der Waals surface area contributed by atoms with Crippen molar-refractivity contribution in [3.8, 4) is 11.5 Å². The summed E-state index contributed by atoms with van der Waals surface area (Å²) in [6, 6.07) is 10.2. The highest BCUT2D eigenvalue weighted by Gasteiger charge is 2.09. The molecule has 0 spiro atoms. The maximum Gasteiger partial charge on any atom is 0.165 e. The van der Waals surface area contributed by atoms with E-state index in [4.69, 9.17) is 22.1 Å². The van der Waals surface area contributed by atoms with Gasteiger partial charge < -0.3 is 10.5 Å². The highest BCUT2D eigenvalue weighted by Crippen LogP contribution is 2.29. The summed E-state index contributed by atoms with van der Waals surface area (Å²) in [5.74, 6) is 0.316. The van der Waals surface area contributed by atoms with E-state index in [1.807, 2.05) is 19.9 Å². The van der Waals surface area contributed by atoms with E-state index in [1.54, 1.807) is 24.3 Å². The van der Waals surface area contributed by atoms with Crippen molar-refractivity contribution in [2.75, 3.05) is 0 Å². The lowest BCUT2D eigenvalue weighted by molar-refractivity contribution is 0.441. The van der Waals surface area contributed by atoms with E-state index in [0.29, 0.717) is 17.2 Å². The lowest BCUT2D eigenvalue weighted by Gasteiger charge is -2.12. The molecule has 2 rings (SSSR count). The summed E-state index contributed by atoms with van der Waals surface area (Å²) in [4.78, 5) is 0. The average Bonchev–Trinajstić information content (AvgIpc) is 2.45. The molecule has 0 aliphatic heterocycles. The summed E-state index contributed by atoms with van der Waals surface area (Å²) in [6.45, 7) is 3.92. The first kappa shape index (κ1) is 15.8. The molecule has 0 aromatic heterocycles. The number of rotatable bonds is 5. The molecule has 2 aromatic carbocycles. The van der Waals surface area contributed by atoms with Crippen LogP contribution >= 0.6 is 11.6 Å². The van der Waals surface area contributed by atoms with Gasteiger partial charge in [-0.3, -0.25) is 0 Å². The van der Waals surface area contributed by atoms with E-state index in [1.165, 1.54) is 6.07 Å². The van der Waals surface area contributed by atoms with E-state index in [0.717, 1.165) is 17.5 Å². The molecule has 0 radical (unpaired) electrons. The standard InChI is InChI=1S/C17H19ClFNO/c1-3-13(20)9-12-5-6-14(10-15(12)18)21-17-8-11(2)4-7-16(17)19/h4-8,10,13H,3,9,20H2,1-2H3. The van der Waals surface area contributed by atoms with Crippen molar-refractivity contribution in [1.82, 2.24) is 0 Å². The first-order valence-corrected chi connectivity index (χ1v) is 7.35. The zero-order chi connectivity index (χ0) is 15.4. The van der Waals surface area contributed by atoms with Gasteiger partial charge in [-0.05, 0) is 55.2 Å². The third-order valence-electron chi connectivity index (χ3n) is 3.35. The maximum atomic E-state index is 13.7. The Morgan fingerprint density at radius 2 is 2.00 bits per heavy atom. The predicted molar refractivity (Wildman–Crippen MR) is 84.6 cm³/mol. The van der Waals surface area contributed by atoms with E-state index in [9.17, 15) is 4.39 Å². The Hall–Kier alpha value is -1.58. The summed E-state index contributed by atoms with van der Waals surface area (Å²) < 4.78 is 19.2. The molecule has 0 fully saturated rings. The van der Waals surface area contributed by atoms with Crippen molar-refractivity contribution in [1.29, 1.82) is 0 Å². The minimum Gasteiger partial charge on any atom is -0.454 e. The quantitative estimate of drug-likeness (QED) is 0.856. The van der Waals surface area contributed by atoms with E-state index >= 15 is 0 Å². The van der Waals surface area contributed by atoms with Crippen LogP contribution in [-0.2, 0) is 6.42 Å². The first-order valence-electron chi connectivity index (χ1n) is 6.97. The smallest absolute Gasteiger partial charge is 0.165 e. The van der Waals surface area contributed by atoms with Crippen LogP contribution in [0.4, 0.5) is 4.39 Å². The lowest BCUT2D eigenvalue weighted by atomic mass is 10.0. The highest BCUT2D eigenvalue weighted by molar-refractivity contribution is 6.31. The van der Waals surface area contributed by atoms with Crippen molar-refractivity contribution < 1.29 is 9.13 Å². The molecule has 0 amide bonds. The molecule has 0 aliphatic rings. The van der Waals surface area contributed by atoms with E-state index in [2.05, 4.69) is 0 Å². The number of aryl methyl sites for hydroxylation is 1. The van der Waals surface area contributed by atoms with Gasteiger partial charge in [0.05, 0.1) is 0 Å². The predicted octanol–water partition coefficient (Wildman–Crippen LogP) is 4.86. The first-order chi connectivity index (χ1) is 9.99. The molecule has 0 heterocycles. The van der Waals surface area contributed by atoms with Crippen LogP contribution in [-0.4, -0.2) is 6.04 Å². The Morgan fingerprint density at radius 3 is 2.67 bits per heavy atom. The van der Waals surface area contributed by atoms with Crippen molar-refractivity contribution in [3.05, 3.63) is 58.4 Å². The highest BCUT2D eigenvalue weighted by atomic mass is 35.5. The molecular weight excluding hydrogens is 289 g/mol. The van der Waals surface area contributed by atoms with Crippen LogP contribution in [0.1, 0.15) is 24.5 Å². The number of hydrogen-bond donors (Lipinski definition) is 1. The van der Waals surface area contributed by atoms with E-state index < -0.39 is 5.82 Å². The van der Waals surface area contributed by atoms with Crippen LogP contribution in [0.5, 0.6) is 11.5 Å². The number of halogens is 2. The van der Waals surface area contributed by atoms with Gasteiger partial charge in [-0.1, -0.05) is 30.7 Å². The summed E-state index contributed by atoms with van der Waals surface area (Å²) in [5, 5.41) is 0.587. The zero-order valence-electron chi connectivity index (χ0n) is 12.2. The Morgan fingerprint density at radius 1 is 1.24 bits per heavy atom. The second-order valence-electron chi connectivity index (χ2n) is 5.16. The molecule has 4 heteroatoms. The molecule has 2 aromatic rings. The third kappa shape index (κ3) is 4.19. The SMILES string of the molecule is CCC(N)Cc1ccc(Oc2cc(C)ccc2F)cc1Cl. The molecule has 112 valence electrons. The molecule has 1 unspecified atom stereocenters. The average molecular weight is 308 g/mol. The Kier molecular flexibility index (Phi) is 5.21. The molecule has 0 saturated carbocycles. The van der Waals surface area contributed by atoms with Crippen LogP contribution in [0.2, 0.25) is 5.02 Å². The van der Waals surface area contributed by atoms with Crippen molar-refractivity contribution in [2.45, 2.75) is 32.7 Å². The molecule has 2 nitrogen and oxygen atoms in total. The van der Waals surface area contributed by atoms with Gasteiger partial charge in [0.25, 0.3) is 0 Å². The van der Waals surface area contributed by atoms with Crippen molar-refractivity contribution in [2.24, 2.45) is 5.73 Å². The maximum absolute atomic E-state index is 13.7. The van der Waals surface area contributed by atoms with Gasteiger partial charge in [-0.15, -0.1) is 0 Å². The van der Waals surface area contributed by atoms with Gasteiger partial charge in [0.2, 0.25) is 0 Å². The van der Waals surface area contributed by atoms with Gasteiger partial charge in [0.15, 0.2) is 11.6 Å². The van der Waals surface area contributed by atoms with Crippen LogP contribution in [0.25, 0.3) is 0 Å². The Balaban J connectivity index is 2.18. The Bertz CT molecular complexity index is 630. The number of ether oxygens (including phenoxy) is 1. The second kappa shape index (κ2) is 6.92. The van der Waals surface area contributed by atoms with Crippen LogP contribution in [0.15, 0.2) is 36.4 Å². The largest absolute Gasteiger partial charge is 0.454 e. The molecule has 21 heavy (non-hydrogen) atoms. The number of nitrogens with two attached hydrogens (primary N) is 1. The molecule has 2 N–H and O–H groups in total. The molecule has 0 saturated heterocycles. The van der Waals surface area contributed by atoms with Crippen LogP contribution in [0.3, 0.4) is 0 Å². The normalized spacial score (nSPS) is 12.2. The number of hydrogen-bond acceptors (Lipinski definition) is 2. The summed E-state index contributed by atoms with van der Waals surface area (Å²) in [5.41, 5.74) is 7.84. The van der Waals surface area contributed by atoms with Gasteiger partial charge in [0.1, 0.15) is 5.75 Å². The minimum atomic E-state index is -0.395. The van der Waals surface area contributed by atoms with Gasteiger partial charge in [-0.25, -0.2) is 4.39 Å². The second-order valence-corrected chi connectivity index (χ2v) is 5.57. The summed E-state index contributed by atoms with van der Waals surface area (Å²) in [6.07, 6.45) is 1.61. The Labute approximate surface area is 129 Å². The fraction of sp³-hybridized carbons (Fsp3) is 0.294. The third-order valence-corrected chi connectivity index (χ3v) is 3.70. The van der Waals surface area contributed by atoms with Crippen molar-refractivity contribution >= 4 is 11.6 Å². The topological polar surface area (TPSA) is 35.2 Å². The summed E-state index contributed by atoms with van der Waals surface area (Å²) >= 11 is 6.24. The van der Waals surface area contributed by atoms with Crippen LogP contribution in [0, 0.1) is 12.7 Å². The fourth-order valence-electron chi connectivity index (χ4n) is 2.00. The van der Waals surface area contributed by atoms with Crippen molar-refractivity contribution in [3.63, 3.8) is 0 Å². The fourth-order valence-corrected chi connectivity index (χ4v) is 2.25. The molecule has 0 aliphatic carbocycles. The lowest BCUT2D eigenvalue weighted by Crippen LogP contribution is -2.21. The zero-order valence-corrected chi connectivity index (χ0v) is 13.0. The minimum absolute atomic E-state index is 0.0866. The molecule has 0 bridgehead atoms. The van der Waals surface area contributed by atoms with E-state index in [-0.39, 0.29) is 11.8 Å². The summed E-state index contributed by atoms with van der Waals surface area (Å²) in [7, 11) is 0. The van der Waals surface area contributed by atoms with Gasteiger partial charge in [0, 0.05) is 11.1 Å². The van der Waals surface area contributed by atoms with Gasteiger partial charge in [-0.2, -0.15) is 0 Å². The monoisotopic (exact) mass is 307 g/mol. The number of benzene rings is 2.